The van der Waals surface area contributed by atoms with Crippen molar-refractivity contribution in [3.8, 4) is 0 Å². The first-order valence-electron chi connectivity index (χ1n) is 13.3. The molecule has 2 atom stereocenters. The van der Waals surface area contributed by atoms with Crippen LogP contribution in [0.2, 0.25) is 0 Å². The van der Waals surface area contributed by atoms with E-state index >= 15 is 0 Å². The normalized spacial score (nSPS) is 22.8. The number of nitrogens with zero attached hydrogens (tertiary/aromatic N) is 2. The van der Waals surface area contributed by atoms with Gasteiger partial charge in [0, 0.05) is 48.7 Å². The Labute approximate surface area is 230 Å². The summed E-state index contributed by atoms with van der Waals surface area (Å²) >= 11 is 0. The Bertz CT molecular complexity index is 1160. The van der Waals surface area contributed by atoms with E-state index < -0.39 is 35.5 Å². The molecule has 39 heavy (non-hydrogen) atoms. The lowest BCUT2D eigenvalue weighted by Gasteiger charge is -2.40. The van der Waals surface area contributed by atoms with Crippen molar-refractivity contribution in [2.75, 3.05) is 13.1 Å². The molecule has 0 radical (unpaired) electrons. The van der Waals surface area contributed by atoms with Gasteiger partial charge >= 0.3 is 12.2 Å². The number of carbonyl (C=O) groups is 2. The number of carbonyl (C=O) groups excluding carboxylic acids is 2. The number of rotatable bonds is 4. The quantitative estimate of drug-likeness (QED) is 0.447. The zero-order valence-corrected chi connectivity index (χ0v) is 23.6. The van der Waals surface area contributed by atoms with Crippen LogP contribution in [-0.4, -0.2) is 69.8 Å². The molecule has 9 heteroatoms. The van der Waals surface area contributed by atoms with Gasteiger partial charge in [-0.25, -0.2) is 9.59 Å². The van der Waals surface area contributed by atoms with Crippen LogP contribution in [0.15, 0.2) is 71.1 Å². The molecule has 9 nitrogen and oxygen atoms in total. The summed E-state index contributed by atoms with van der Waals surface area (Å²) in [5.74, 6) is 0. The molecular formula is C30H39N5O4. The van der Waals surface area contributed by atoms with E-state index in [0.717, 1.165) is 11.1 Å². The van der Waals surface area contributed by atoms with E-state index in [0.29, 0.717) is 48.7 Å². The van der Waals surface area contributed by atoms with Gasteiger partial charge in [-0.2, -0.15) is 0 Å². The maximum absolute atomic E-state index is 13.3. The number of hydrogen-bond acceptors (Lipinski definition) is 7. The van der Waals surface area contributed by atoms with Crippen molar-refractivity contribution < 1.29 is 19.1 Å². The van der Waals surface area contributed by atoms with Gasteiger partial charge in [0.1, 0.15) is 23.3 Å². The molecule has 0 saturated carbocycles. The lowest BCUT2D eigenvalue weighted by atomic mass is 9.89. The topological polar surface area (TPSA) is 119 Å². The summed E-state index contributed by atoms with van der Waals surface area (Å²) in [6.45, 7) is 11.5. The minimum atomic E-state index is -0.687. The van der Waals surface area contributed by atoms with Crippen molar-refractivity contribution in [1.82, 2.24) is 15.1 Å². The van der Waals surface area contributed by atoms with Crippen LogP contribution in [0.1, 0.15) is 54.4 Å². The molecule has 2 aliphatic carbocycles. The Hall–Kier alpha value is -3.72. The summed E-state index contributed by atoms with van der Waals surface area (Å²) in [7, 11) is 0. The average molecular weight is 534 g/mol. The molecule has 2 amide bonds. The molecule has 0 aromatic heterocycles. The molecule has 2 aliphatic heterocycles. The Morgan fingerprint density at radius 1 is 0.769 bits per heavy atom. The molecule has 0 saturated heterocycles. The third-order valence-corrected chi connectivity index (χ3v) is 6.45. The van der Waals surface area contributed by atoms with E-state index in [1.807, 2.05) is 90.2 Å². The zero-order valence-electron chi connectivity index (χ0n) is 23.6. The second kappa shape index (κ2) is 10.8. The van der Waals surface area contributed by atoms with E-state index in [1.54, 1.807) is 9.80 Å². The molecule has 4 rings (SSSR count). The summed E-state index contributed by atoms with van der Waals surface area (Å²) in [6, 6.07) is -1.03. The van der Waals surface area contributed by atoms with E-state index in [1.165, 1.54) is 0 Å². The molecular weight excluding hydrogens is 494 g/mol. The highest BCUT2D eigenvalue weighted by Gasteiger charge is 2.39. The third kappa shape index (κ3) is 6.47. The molecule has 0 bridgehead atoms. The molecule has 0 spiro atoms. The van der Waals surface area contributed by atoms with Gasteiger partial charge in [-0.05, 0) is 64.8 Å². The molecule has 0 fully saturated rings. The van der Waals surface area contributed by atoms with Gasteiger partial charge in [-0.1, -0.05) is 36.5 Å². The van der Waals surface area contributed by atoms with Crippen LogP contribution in [0.3, 0.4) is 0 Å². The van der Waals surface area contributed by atoms with E-state index in [-0.39, 0.29) is 0 Å². The Balaban J connectivity index is 1.56. The summed E-state index contributed by atoms with van der Waals surface area (Å²) in [5.41, 5.74) is 2.55. The number of ether oxygens (including phenoxy) is 2. The molecule has 4 aliphatic rings. The van der Waals surface area contributed by atoms with E-state index in [4.69, 9.17) is 20.3 Å². The number of fused-ring (bicyclic) bond motifs is 2. The SMILES string of the molecule is CC(C)(C)OC(=O)N1C(CNCC2=CC=C3C=CCC(=N)C3N2C(=O)OC(C)(C)C)=CC=C2C=CCC(=N)C21. The van der Waals surface area contributed by atoms with Gasteiger partial charge in [0.25, 0.3) is 0 Å². The van der Waals surface area contributed by atoms with Gasteiger partial charge in [0.2, 0.25) is 0 Å². The van der Waals surface area contributed by atoms with Crippen LogP contribution in [-0.2, 0) is 9.47 Å². The van der Waals surface area contributed by atoms with Crippen LogP contribution < -0.4 is 5.32 Å². The molecule has 2 heterocycles. The highest BCUT2D eigenvalue weighted by Crippen LogP contribution is 2.31. The summed E-state index contributed by atoms with van der Waals surface area (Å²) < 4.78 is 11.4. The van der Waals surface area contributed by atoms with Crippen molar-refractivity contribution in [3.63, 3.8) is 0 Å². The molecule has 0 aromatic rings. The largest absolute Gasteiger partial charge is 0.443 e. The Morgan fingerprint density at radius 3 is 1.51 bits per heavy atom. The second-order valence-electron chi connectivity index (χ2n) is 12.0. The van der Waals surface area contributed by atoms with Gasteiger partial charge in [0.15, 0.2) is 0 Å². The first-order chi connectivity index (χ1) is 18.2. The highest BCUT2D eigenvalue weighted by molar-refractivity contribution is 5.97. The molecule has 208 valence electrons. The van der Waals surface area contributed by atoms with Crippen molar-refractivity contribution in [2.24, 2.45) is 0 Å². The molecule has 0 aromatic carbocycles. The van der Waals surface area contributed by atoms with Crippen molar-refractivity contribution in [2.45, 2.75) is 77.7 Å². The third-order valence-electron chi connectivity index (χ3n) is 6.45. The maximum Gasteiger partial charge on any atom is 0.415 e. The van der Waals surface area contributed by atoms with Crippen LogP contribution >= 0.6 is 0 Å². The standard InChI is InChI=1S/C30H39N5O4/c1-29(2,3)38-27(36)34-21(15-13-19-9-7-11-23(31)25(19)34)17-33-18-22-16-14-20-10-8-12-24(32)26(20)35(22)28(37)39-30(4,5)6/h7-10,13-16,25-26,31-33H,11-12,17-18H2,1-6H3. The second-order valence-corrected chi connectivity index (χ2v) is 12.0. The van der Waals surface area contributed by atoms with E-state index in [2.05, 4.69) is 5.32 Å². The Kier molecular flexibility index (Phi) is 7.84. The summed E-state index contributed by atoms with van der Waals surface area (Å²) in [4.78, 5) is 29.8. The summed E-state index contributed by atoms with van der Waals surface area (Å²) in [5, 5.41) is 20.5. The number of amides is 2. The predicted molar refractivity (Wildman–Crippen MR) is 152 cm³/mol. The summed E-state index contributed by atoms with van der Waals surface area (Å²) in [6.07, 6.45) is 15.3. The first kappa shape index (κ1) is 28.3. The number of hydrogen-bond donors (Lipinski definition) is 3. The van der Waals surface area contributed by atoms with Crippen LogP contribution in [0.5, 0.6) is 0 Å². The fourth-order valence-electron chi connectivity index (χ4n) is 4.91. The van der Waals surface area contributed by atoms with Gasteiger partial charge < -0.3 is 25.6 Å². The number of nitrogens with one attached hydrogen (secondary N) is 3. The highest BCUT2D eigenvalue weighted by atomic mass is 16.6. The minimum Gasteiger partial charge on any atom is -0.443 e. The van der Waals surface area contributed by atoms with Gasteiger partial charge in [-0.15, -0.1) is 0 Å². The molecule has 2 unspecified atom stereocenters. The van der Waals surface area contributed by atoms with Crippen molar-refractivity contribution in [3.05, 3.63) is 71.1 Å². The lowest BCUT2D eigenvalue weighted by Crippen LogP contribution is -2.52. The predicted octanol–water partition coefficient (Wildman–Crippen LogP) is 5.39. The minimum absolute atomic E-state index is 0.300. The maximum atomic E-state index is 13.3. The lowest BCUT2D eigenvalue weighted by molar-refractivity contribution is 0.0289. The fourth-order valence-corrected chi connectivity index (χ4v) is 4.91. The monoisotopic (exact) mass is 533 g/mol. The smallest absolute Gasteiger partial charge is 0.415 e. The fraction of sp³-hybridized carbons (Fsp3) is 0.467. The average Bonchev–Trinajstić information content (AvgIpc) is 2.82. The van der Waals surface area contributed by atoms with Gasteiger partial charge in [0.05, 0.1) is 0 Å². The van der Waals surface area contributed by atoms with E-state index in [9.17, 15) is 9.59 Å². The first-order valence-corrected chi connectivity index (χ1v) is 13.3. The van der Waals surface area contributed by atoms with Crippen LogP contribution in [0.25, 0.3) is 0 Å². The van der Waals surface area contributed by atoms with Crippen molar-refractivity contribution >= 4 is 23.6 Å². The Morgan fingerprint density at radius 2 is 1.15 bits per heavy atom. The molecule has 3 N–H and O–H groups in total. The number of allylic oxidation sites excluding steroid dienone is 6. The van der Waals surface area contributed by atoms with Crippen LogP contribution in [0, 0.1) is 10.8 Å². The van der Waals surface area contributed by atoms with Crippen molar-refractivity contribution in [1.29, 1.82) is 10.8 Å². The van der Waals surface area contributed by atoms with Gasteiger partial charge in [-0.3, -0.25) is 9.80 Å². The van der Waals surface area contributed by atoms with Crippen LogP contribution in [0.4, 0.5) is 9.59 Å². The zero-order chi connectivity index (χ0) is 28.5.